The van der Waals surface area contributed by atoms with Gasteiger partial charge in [0, 0.05) is 12.6 Å². The van der Waals surface area contributed by atoms with Gasteiger partial charge >= 0.3 is 5.97 Å². The lowest BCUT2D eigenvalue weighted by Gasteiger charge is -2.03. The zero-order chi connectivity index (χ0) is 13.3. The summed E-state index contributed by atoms with van der Waals surface area (Å²) in [5.74, 6) is 0.0281. The summed E-state index contributed by atoms with van der Waals surface area (Å²) in [6, 6.07) is 3.43. The summed E-state index contributed by atoms with van der Waals surface area (Å²) in [7, 11) is 1.29. The fourth-order valence-electron chi connectivity index (χ4n) is 1.81. The van der Waals surface area contributed by atoms with Crippen molar-refractivity contribution in [2.24, 2.45) is 0 Å². The van der Waals surface area contributed by atoms with Crippen molar-refractivity contribution in [1.82, 2.24) is 9.38 Å². The van der Waals surface area contributed by atoms with Crippen molar-refractivity contribution in [2.45, 2.75) is 19.4 Å². The van der Waals surface area contributed by atoms with Crippen LogP contribution >= 0.6 is 11.6 Å². The zero-order valence-corrected chi connectivity index (χ0v) is 10.8. The van der Waals surface area contributed by atoms with Crippen molar-refractivity contribution >= 4 is 23.1 Å². The second-order valence-electron chi connectivity index (χ2n) is 4.00. The molecule has 0 amide bonds. The van der Waals surface area contributed by atoms with Gasteiger partial charge in [0.2, 0.25) is 0 Å². The van der Waals surface area contributed by atoms with Gasteiger partial charge in [-0.05, 0) is 19.1 Å². The number of esters is 1. The number of hydrogen-bond donors (Lipinski definition) is 1. The van der Waals surface area contributed by atoms with Crippen molar-refractivity contribution in [1.29, 1.82) is 0 Å². The molecule has 0 radical (unpaired) electrons. The Bertz CT molecular complexity index is 592. The van der Waals surface area contributed by atoms with Crippen LogP contribution in [0.25, 0.3) is 5.52 Å². The molecule has 2 heterocycles. The van der Waals surface area contributed by atoms with Crippen LogP contribution in [0.15, 0.2) is 18.3 Å². The molecule has 1 unspecified atom stereocenters. The van der Waals surface area contributed by atoms with Crippen LogP contribution in [-0.4, -0.2) is 33.7 Å². The topological polar surface area (TPSA) is 63.8 Å². The van der Waals surface area contributed by atoms with Gasteiger partial charge in [-0.15, -0.1) is 0 Å². The molecule has 6 heteroatoms. The molecule has 0 bridgehead atoms. The number of aromatic nitrogens is 2. The van der Waals surface area contributed by atoms with Crippen LogP contribution in [0.1, 0.15) is 23.2 Å². The third-order valence-electron chi connectivity index (χ3n) is 2.54. The molecule has 2 rings (SSSR count). The number of pyridine rings is 1. The maximum atomic E-state index is 11.7. The standard InChI is InChI=1S/C12H13ClN2O3/c1-7(16)6-9-14-10(12(17)18-2)11-8(13)4-3-5-15(9)11/h3-5,7,16H,6H2,1-2H3. The number of halogens is 1. The molecule has 0 saturated carbocycles. The average Bonchev–Trinajstić information content (AvgIpc) is 2.68. The lowest BCUT2D eigenvalue weighted by molar-refractivity contribution is 0.0596. The van der Waals surface area contributed by atoms with E-state index in [0.29, 0.717) is 22.8 Å². The summed E-state index contributed by atoms with van der Waals surface area (Å²) in [4.78, 5) is 15.9. The van der Waals surface area contributed by atoms with Gasteiger partial charge in [0.15, 0.2) is 5.69 Å². The summed E-state index contributed by atoms with van der Waals surface area (Å²) < 4.78 is 6.38. The molecule has 0 aliphatic rings. The van der Waals surface area contributed by atoms with Crippen LogP contribution in [0.5, 0.6) is 0 Å². The van der Waals surface area contributed by atoms with E-state index >= 15 is 0 Å². The lowest BCUT2D eigenvalue weighted by Crippen LogP contribution is -2.08. The number of rotatable bonds is 3. The number of carbonyl (C=O) groups excluding carboxylic acids is 1. The molecule has 0 fully saturated rings. The van der Waals surface area contributed by atoms with E-state index in [2.05, 4.69) is 9.72 Å². The van der Waals surface area contributed by atoms with Crippen molar-refractivity contribution in [3.8, 4) is 0 Å². The number of imidazole rings is 1. The van der Waals surface area contributed by atoms with Crippen LogP contribution in [0.4, 0.5) is 0 Å². The Hall–Kier alpha value is -1.59. The molecular weight excluding hydrogens is 256 g/mol. The van der Waals surface area contributed by atoms with Gasteiger partial charge in [-0.25, -0.2) is 9.78 Å². The predicted octanol–water partition coefficient (Wildman–Crippen LogP) is 1.70. The van der Waals surface area contributed by atoms with Gasteiger partial charge in [-0.1, -0.05) is 11.6 Å². The third kappa shape index (κ3) is 2.19. The number of aliphatic hydroxyl groups is 1. The molecule has 0 saturated heterocycles. The average molecular weight is 269 g/mol. The molecule has 1 N–H and O–H groups in total. The third-order valence-corrected chi connectivity index (χ3v) is 2.85. The highest BCUT2D eigenvalue weighted by Gasteiger charge is 2.20. The molecule has 18 heavy (non-hydrogen) atoms. The monoisotopic (exact) mass is 268 g/mol. The summed E-state index contributed by atoms with van der Waals surface area (Å²) in [5, 5.41) is 9.86. The number of fused-ring (bicyclic) bond motifs is 1. The van der Waals surface area contributed by atoms with Crippen LogP contribution in [0, 0.1) is 0 Å². The Labute approximate surface area is 109 Å². The van der Waals surface area contributed by atoms with Crippen molar-refractivity contribution in [3.63, 3.8) is 0 Å². The van der Waals surface area contributed by atoms with E-state index in [1.54, 1.807) is 29.7 Å². The predicted molar refractivity (Wildman–Crippen MR) is 66.9 cm³/mol. The Balaban J connectivity index is 2.67. The van der Waals surface area contributed by atoms with E-state index in [1.807, 2.05) is 0 Å². The highest BCUT2D eigenvalue weighted by molar-refractivity contribution is 6.34. The second kappa shape index (κ2) is 4.96. The zero-order valence-electron chi connectivity index (χ0n) is 10.1. The lowest BCUT2D eigenvalue weighted by atomic mass is 10.3. The Morgan fingerprint density at radius 1 is 1.67 bits per heavy atom. The van der Waals surface area contributed by atoms with E-state index < -0.39 is 12.1 Å². The van der Waals surface area contributed by atoms with Crippen molar-refractivity contribution in [3.05, 3.63) is 34.9 Å². The van der Waals surface area contributed by atoms with Gasteiger partial charge in [-0.3, -0.25) is 0 Å². The summed E-state index contributed by atoms with van der Waals surface area (Å²) in [5.41, 5.74) is 0.667. The fraction of sp³-hybridized carbons (Fsp3) is 0.333. The van der Waals surface area contributed by atoms with E-state index in [9.17, 15) is 9.90 Å². The summed E-state index contributed by atoms with van der Waals surface area (Å²) >= 11 is 6.08. The van der Waals surface area contributed by atoms with Crippen LogP contribution < -0.4 is 0 Å². The number of hydrogen-bond acceptors (Lipinski definition) is 4. The number of ether oxygens (including phenoxy) is 1. The number of aliphatic hydroxyl groups excluding tert-OH is 1. The minimum absolute atomic E-state index is 0.166. The molecule has 5 nitrogen and oxygen atoms in total. The molecule has 2 aromatic heterocycles. The second-order valence-corrected chi connectivity index (χ2v) is 4.40. The summed E-state index contributed by atoms with van der Waals surface area (Å²) in [6.07, 6.45) is 1.52. The smallest absolute Gasteiger partial charge is 0.358 e. The van der Waals surface area contributed by atoms with Crippen LogP contribution in [-0.2, 0) is 11.2 Å². The quantitative estimate of drug-likeness (QED) is 0.861. The van der Waals surface area contributed by atoms with E-state index in [1.165, 1.54) is 7.11 Å². The van der Waals surface area contributed by atoms with E-state index in [0.717, 1.165) is 0 Å². The number of nitrogens with zero attached hydrogens (tertiary/aromatic N) is 2. The first kappa shape index (κ1) is 12.9. The molecule has 0 aromatic carbocycles. The van der Waals surface area contributed by atoms with E-state index in [4.69, 9.17) is 11.6 Å². The largest absolute Gasteiger partial charge is 0.464 e. The van der Waals surface area contributed by atoms with E-state index in [-0.39, 0.29) is 5.69 Å². The SMILES string of the molecule is COC(=O)c1nc(CC(C)O)n2cccc(Cl)c12. The normalized spacial score (nSPS) is 12.7. The number of carbonyl (C=O) groups is 1. The Morgan fingerprint density at radius 2 is 2.39 bits per heavy atom. The van der Waals surface area contributed by atoms with Gasteiger partial charge in [0.05, 0.1) is 23.8 Å². The highest BCUT2D eigenvalue weighted by atomic mass is 35.5. The highest BCUT2D eigenvalue weighted by Crippen LogP contribution is 2.23. The Kier molecular flexibility index (Phi) is 3.54. The van der Waals surface area contributed by atoms with Crippen LogP contribution in [0.2, 0.25) is 5.02 Å². The molecule has 0 aliphatic carbocycles. The minimum Gasteiger partial charge on any atom is -0.464 e. The molecule has 96 valence electrons. The molecule has 0 aliphatic heterocycles. The van der Waals surface area contributed by atoms with Gasteiger partial charge in [-0.2, -0.15) is 0 Å². The molecular formula is C12H13ClN2O3. The number of methoxy groups -OCH3 is 1. The molecule has 2 aromatic rings. The maximum Gasteiger partial charge on any atom is 0.358 e. The van der Waals surface area contributed by atoms with Crippen molar-refractivity contribution in [2.75, 3.05) is 7.11 Å². The first-order valence-corrected chi connectivity index (χ1v) is 5.84. The van der Waals surface area contributed by atoms with Gasteiger partial charge < -0.3 is 14.2 Å². The minimum atomic E-state index is -0.555. The van der Waals surface area contributed by atoms with Crippen molar-refractivity contribution < 1.29 is 14.6 Å². The maximum absolute atomic E-state index is 11.7. The van der Waals surface area contributed by atoms with Crippen LogP contribution in [0.3, 0.4) is 0 Å². The molecule has 1 atom stereocenters. The van der Waals surface area contributed by atoms with Gasteiger partial charge in [0.1, 0.15) is 5.82 Å². The molecule has 0 spiro atoms. The van der Waals surface area contributed by atoms with Gasteiger partial charge in [0.25, 0.3) is 0 Å². The first-order chi connectivity index (χ1) is 8.54. The first-order valence-electron chi connectivity index (χ1n) is 5.46. The Morgan fingerprint density at radius 3 is 3.00 bits per heavy atom. The summed E-state index contributed by atoms with van der Waals surface area (Å²) in [6.45, 7) is 1.66. The fourth-order valence-corrected chi connectivity index (χ4v) is 2.06.